The van der Waals surface area contributed by atoms with Crippen molar-refractivity contribution >= 4 is 17.8 Å². The molecule has 2 rings (SSSR count). The number of halogens is 3. The molecular formula is C20H18F3NO5. The van der Waals surface area contributed by atoms with Crippen LogP contribution in [-0.2, 0) is 26.9 Å². The number of carbonyl (C=O) groups excluding carboxylic acids is 3. The van der Waals surface area contributed by atoms with E-state index in [-0.39, 0.29) is 23.1 Å². The normalized spacial score (nSPS) is 12.0. The molecule has 1 amide bonds. The Morgan fingerprint density at radius 1 is 0.966 bits per heavy atom. The number of carbonyl (C=O) groups is 3. The van der Waals surface area contributed by atoms with Crippen LogP contribution in [0, 0.1) is 0 Å². The number of hydrogen-bond donors (Lipinski definition) is 1. The molecule has 0 fully saturated rings. The summed E-state index contributed by atoms with van der Waals surface area (Å²) in [5.74, 6) is -2.16. The summed E-state index contributed by atoms with van der Waals surface area (Å²) in [4.78, 5) is 36.2. The lowest BCUT2D eigenvalue weighted by atomic mass is 10.0. The molecule has 0 aliphatic heterocycles. The number of hydrogen-bond acceptors (Lipinski definition) is 5. The van der Waals surface area contributed by atoms with E-state index in [1.165, 1.54) is 43.5 Å². The number of benzene rings is 2. The second-order valence-electron chi connectivity index (χ2n) is 6.02. The summed E-state index contributed by atoms with van der Waals surface area (Å²) < 4.78 is 47.9. The van der Waals surface area contributed by atoms with E-state index in [9.17, 15) is 27.6 Å². The highest BCUT2D eigenvalue weighted by molar-refractivity contribution is 5.99. The largest absolute Gasteiger partial charge is 0.467 e. The maximum atomic E-state index is 12.9. The number of methoxy groups -OCH3 is 2. The lowest BCUT2D eigenvalue weighted by Crippen LogP contribution is -2.43. The molecule has 0 aliphatic carbocycles. The Morgan fingerprint density at radius 2 is 1.62 bits per heavy atom. The quantitative estimate of drug-likeness (QED) is 0.742. The van der Waals surface area contributed by atoms with Gasteiger partial charge in [-0.2, -0.15) is 13.2 Å². The highest BCUT2D eigenvalue weighted by Crippen LogP contribution is 2.29. The first-order valence-electron chi connectivity index (χ1n) is 8.39. The van der Waals surface area contributed by atoms with E-state index in [2.05, 4.69) is 14.8 Å². The van der Waals surface area contributed by atoms with Gasteiger partial charge in [0.1, 0.15) is 6.04 Å². The third-order valence-corrected chi connectivity index (χ3v) is 4.03. The molecule has 0 radical (unpaired) electrons. The van der Waals surface area contributed by atoms with Crippen molar-refractivity contribution in [2.75, 3.05) is 14.2 Å². The molecule has 2 aromatic rings. The number of nitrogens with one attached hydrogen (secondary N) is 1. The van der Waals surface area contributed by atoms with Crippen LogP contribution in [0.2, 0.25) is 0 Å². The van der Waals surface area contributed by atoms with Crippen LogP contribution in [0.15, 0.2) is 48.5 Å². The smallest absolute Gasteiger partial charge is 0.416 e. The van der Waals surface area contributed by atoms with Crippen molar-refractivity contribution in [3.8, 4) is 0 Å². The van der Waals surface area contributed by atoms with E-state index in [1.54, 1.807) is 0 Å². The van der Waals surface area contributed by atoms with Crippen LogP contribution in [0.25, 0.3) is 0 Å². The zero-order valence-electron chi connectivity index (χ0n) is 15.6. The van der Waals surface area contributed by atoms with Crippen molar-refractivity contribution in [2.24, 2.45) is 0 Å². The molecule has 2 aromatic carbocycles. The molecule has 154 valence electrons. The minimum Gasteiger partial charge on any atom is -0.467 e. The van der Waals surface area contributed by atoms with Gasteiger partial charge in [0.15, 0.2) is 0 Å². The zero-order valence-corrected chi connectivity index (χ0v) is 15.6. The average Bonchev–Trinajstić information content (AvgIpc) is 2.71. The Hall–Kier alpha value is -3.36. The Balaban J connectivity index is 2.23. The Bertz CT molecular complexity index is 911. The van der Waals surface area contributed by atoms with Gasteiger partial charge < -0.3 is 14.8 Å². The highest BCUT2D eigenvalue weighted by Gasteiger charge is 2.31. The summed E-state index contributed by atoms with van der Waals surface area (Å²) in [5, 5.41) is 2.43. The zero-order chi connectivity index (χ0) is 21.6. The van der Waals surface area contributed by atoms with Gasteiger partial charge >= 0.3 is 18.1 Å². The van der Waals surface area contributed by atoms with Crippen molar-refractivity contribution in [3.63, 3.8) is 0 Å². The molecule has 0 saturated heterocycles. The molecule has 9 heteroatoms. The number of ether oxygens (including phenoxy) is 2. The first kappa shape index (κ1) is 21.9. The lowest BCUT2D eigenvalue weighted by molar-refractivity contribution is -0.142. The summed E-state index contributed by atoms with van der Waals surface area (Å²) >= 11 is 0. The van der Waals surface area contributed by atoms with Gasteiger partial charge in [-0.05, 0) is 29.8 Å². The van der Waals surface area contributed by atoms with E-state index in [4.69, 9.17) is 0 Å². The molecule has 6 nitrogen and oxygen atoms in total. The summed E-state index contributed by atoms with van der Waals surface area (Å²) in [6, 6.07) is 8.82. The van der Waals surface area contributed by atoms with Crippen molar-refractivity contribution in [1.29, 1.82) is 0 Å². The van der Waals surface area contributed by atoms with Gasteiger partial charge in [0.25, 0.3) is 5.91 Å². The summed E-state index contributed by atoms with van der Waals surface area (Å²) in [5.41, 5.74) is -0.465. The second-order valence-corrected chi connectivity index (χ2v) is 6.02. The predicted octanol–water partition coefficient (Wildman–Crippen LogP) is 3.01. The fourth-order valence-corrected chi connectivity index (χ4v) is 2.59. The topological polar surface area (TPSA) is 81.7 Å². The molecule has 0 saturated carbocycles. The van der Waals surface area contributed by atoms with Crippen molar-refractivity contribution in [3.05, 3.63) is 70.8 Å². The Morgan fingerprint density at radius 3 is 2.24 bits per heavy atom. The maximum Gasteiger partial charge on any atom is 0.416 e. The molecule has 0 aliphatic rings. The number of esters is 2. The molecular weight excluding hydrogens is 391 g/mol. The molecule has 0 aromatic heterocycles. The lowest BCUT2D eigenvalue weighted by Gasteiger charge is -2.17. The molecule has 29 heavy (non-hydrogen) atoms. The first-order valence-corrected chi connectivity index (χ1v) is 8.39. The van der Waals surface area contributed by atoms with Crippen LogP contribution >= 0.6 is 0 Å². The predicted molar refractivity (Wildman–Crippen MR) is 96.2 cm³/mol. The summed E-state index contributed by atoms with van der Waals surface area (Å²) in [6.07, 6.45) is -4.74. The van der Waals surface area contributed by atoms with Gasteiger partial charge in [0, 0.05) is 12.0 Å². The average molecular weight is 409 g/mol. The minimum atomic E-state index is -4.53. The molecule has 1 atom stereocenters. The maximum absolute atomic E-state index is 12.9. The number of alkyl halides is 3. The van der Waals surface area contributed by atoms with Crippen molar-refractivity contribution in [2.45, 2.75) is 18.6 Å². The van der Waals surface area contributed by atoms with E-state index in [0.29, 0.717) is 0 Å². The van der Waals surface area contributed by atoms with Gasteiger partial charge in [-0.1, -0.05) is 24.3 Å². The van der Waals surface area contributed by atoms with Crippen LogP contribution in [0.3, 0.4) is 0 Å². The third kappa shape index (κ3) is 5.81. The van der Waals surface area contributed by atoms with Gasteiger partial charge in [-0.25, -0.2) is 9.59 Å². The van der Waals surface area contributed by atoms with Crippen molar-refractivity contribution < 1.29 is 37.0 Å². The molecule has 0 spiro atoms. The molecule has 0 bridgehead atoms. The third-order valence-electron chi connectivity index (χ3n) is 4.03. The van der Waals surface area contributed by atoms with Gasteiger partial charge in [0.05, 0.1) is 25.3 Å². The Labute approximate surface area is 164 Å². The fraction of sp³-hybridized carbons (Fsp3) is 0.250. The van der Waals surface area contributed by atoms with Gasteiger partial charge in [0.2, 0.25) is 0 Å². The molecule has 0 unspecified atom stereocenters. The fourth-order valence-electron chi connectivity index (χ4n) is 2.59. The standard InChI is InChI=1S/C20H18F3NO5/c1-28-18(26)14-7-4-6-13(11-14)17(25)24-16(19(27)29-2)10-12-5-3-8-15(9-12)20(21,22)23/h3-9,11,16H,10H2,1-2H3,(H,24,25)/t16-/m0/s1. The number of amides is 1. The van der Waals surface area contributed by atoms with E-state index in [1.807, 2.05) is 0 Å². The van der Waals surface area contributed by atoms with Crippen LogP contribution < -0.4 is 5.32 Å². The number of rotatable bonds is 6. The van der Waals surface area contributed by atoms with Crippen LogP contribution in [0.5, 0.6) is 0 Å². The van der Waals surface area contributed by atoms with Crippen LogP contribution in [0.1, 0.15) is 31.8 Å². The first-order chi connectivity index (χ1) is 13.7. The second kappa shape index (κ2) is 9.22. The van der Waals surface area contributed by atoms with Gasteiger partial charge in [-0.15, -0.1) is 0 Å². The molecule has 0 heterocycles. The minimum absolute atomic E-state index is 0.0749. The monoisotopic (exact) mass is 409 g/mol. The molecule has 1 N–H and O–H groups in total. The van der Waals surface area contributed by atoms with Crippen LogP contribution in [-0.4, -0.2) is 38.1 Å². The summed E-state index contributed by atoms with van der Waals surface area (Å²) in [6.45, 7) is 0. The Kier molecular flexibility index (Phi) is 6.98. The SMILES string of the molecule is COC(=O)c1cccc(C(=O)N[C@@H](Cc2cccc(C(F)(F)F)c2)C(=O)OC)c1. The van der Waals surface area contributed by atoms with Crippen molar-refractivity contribution in [1.82, 2.24) is 5.32 Å². The van der Waals surface area contributed by atoms with E-state index >= 15 is 0 Å². The van der Waals surface area contributed by atoms with Gasteiger partial charge in [-0.3, -0.25) is 4.79 Å². The summed E-state index contributed by atoms with van der Waals surface area (Å²) in [7, 11) is 2.29. The van der Waals surface area contributed by atoms with Crippen LogP contribution in [0.4, 0.5) is 13.2 Å². The highest BCUT2D eigenvalue weighted by atomic mass is 19.4. The van der Waals surface area contributed by atoms with E-state index in [0.717, 1.165) is 19.2 Å². The van der Waals surface area contributed by atoms with E-state index < -0.39 is 35.6 Å².